The van der Waals surface area contributed by atoms with Crippen LogP contribution in [-0.4, -0.2) is 43.2 Å². The van der Waals surface area contributed by atoms with Gasteiger partial charge in [0, 0.05) is 42.6 Å². The summed E-state index contributed by atoms with van der Waals surface area (Å²) in [6.07, 6.45) is 5.54. The average molecular weight is 397 g/mol. The Morgan fingerprint density at radius 1 is 0.966 bits per heavy atom. The molecule has 2 amide bonds. The van der Waals surface area contributed by atoms with Crippen molar-refractivity contribution < 1.29 is 18.7 Å². The number of anilines is 1. The van der Waals surface area contributed by atoms with Crippen molar-refractivity contribution in [3.63, 3.8) is 0 Å². The third kappa shape index (κ3) is 4.52. The third-order valence-electron chi connectivity index (χ3n) is 5.83. The Bertz CT molecular complexity index is 859. The first kappa shape index (κ1) is 19.7. The highest BCUT2D eigenvalue weighted by atomic mass is 16.5. The van der Waals surface area contributed by atoms with E-state index in [2.05, 4.69) is 16.0 Å². The Kier molecular flexibility index (Phi) is 5.97. The minimum absolute atomic E-state index is 0.111. The fraction of sp³-hybridized carbons (Fsp3) is 0.455. The number of hydrogen-bond acceptors (Lipinski definition) is 5. The highest BCUT2D eigenvalue weighted by Gasteiger charge is 2.34. The van der Waals surface area contributed by atoms with Gasteiger partial charge in [0.25, 0.3) is 11.8 Å². The van der Waals surface area contributed by atoms with Gasteiger partial charge >= 0.3 is 0 Å². The van der Waals surface area contributed by atoms with E-state index in [-0.39, 0.29) is 23.6 Å². The molecule has 3 N–H and O–H groups in total. The Labute approximate surface area is 170 Å². The normalized spacial score (nSPS) is 22.0. The topological polar surface area (TPSA) is 92.6 Å². The van der Waals surface area contributed by atoms with Gasteiger partial charge in [-0.05, 0) is 62.4 Å². The SMILES string of the molecule is Cc1c(NC(=O)c2ccco2)cccc1C(=O)N[C@H]1CC[C@H]1NC1CCOCC1. The number of carbonyl (C=O) groups excluding carboxylic acids is 2. The zero-order valence-corrected chi connectivity index (χ0v) is 16.6. The number of furan rings is 1. The monoisotopic (exact) mass is 397 g/mol. The van der Waals surface area contributed by atoms with Crippen LogP contribution in [0.5, 0.6) is 0 Å². The fourth-order valence-corrected chi connectivity index (χ4v) is 3.89. The van der Waals surface area contributed by atoms with Crippen LogP contribution in [0.2, 0.25) is 0 Å². The molecule has 29 heavy (non-hydrogen) atoms. The van der Waals surface area contributed by atoms with Crippen molar-refractivity contribution in [2.45, 2.75) is 50.7 Å². The van der Waals surface area contributed by atoms with Gasteiger partial charge in [0.2, 0.25) is 0 Å². The van der Waals surface area contributed by atoms with Crippen LogP contribution in [0, 0.1) is 6.92 Å². The first-order valence-electron chi connectivity index (χ1n) is 10.2. The summed E-state index contributed by atoms with van der Waals surface area (Å²) in [6, 6.07) is 9.51. The van der Waals surface area contributed by atoms with E-state index in [0.717, 1.165) is 44.5 Å². The number of rotatable bonds is 6. The van der Waals surface area contributed by atoms with Crippen LogP contribution in [0.15, 0.2) is 41.0 Å². The number of nitrogens with one attached hydrogen (secondary N) is 3. The maximum absolute atomic E-state index is 12.9. The number of hydrogen-bond donors (Lipinski definition) is 3. The highest BCUT2D eigenvalue weighted by Crippen LogP contribution is 2.24. The van der Waals surface area contributed by atoms with E-state index in [4.69, 9.17) is 9.15 Å². The highest BCUT2D eigenvalue weighted by molar-refractivity contribution is 6.04. The van der Waals surface area contributed by atoms with Crippen molar-refractivity contribution >= 4 is 17.5 Å². The second kappa shape index (κ2) is 8.80. The Morgan fingerprint density at radius 2 is 1.76 bits per heavy atom. The zero-order chi connectivity index (χ0) is 20.2. The molecule has 0 unspecified atom stereocenters. The van der Waals surface area contributed by atoms with Crippen molar-refractivity contribution in [2.75, 3.05) is 18.5 Å². The summed E-state index contributed by atoms with van der Waals surface area (Å²) >= 11 is 0. The average Bonchev–Trinajstić information content (AvgIpc) is 3.27. The van der Waals surface area contributed by atoms with Crippen molar-refractivity contribution in [2.24, 2.45) is 0 Å². The number of amides is 2. The summed E-state index contributed by atoms with van der Waals surface area (Å²) in [6.45, 7) is 3.44. The quantitative estimate of drug-likeness (QED) is 0.697. The lowest BCUT2D eigenvalue weighted by Crippen LogP contribution is -2.59. The van der Waals surface area contributed by atoms with Crippen LogP contribution in [0.1, 0.15) is 52.2 Å². The van der Waals surface area contributed by atoms with Crippen molar-refractivity contribution in [1.29, 1.82) is 0 Å². The molecule has 2 aliphatic rings. The molecule has 2 aromatic rings. The van der Waals surface area contributed by atoms with Gasteiger partial charge in [-0.2, -0.15) is 0 Å². The molecule has 2 fully saturated rings. The van der Waals surface area contributed by atoms with E-state index in [1.165, 1.54) is 6.26 Å². The summed E-state index contributed by atoms with van der Waals surface area (Å²) < 4.78 is 10.5. The first-order chi connectivity index (χ1) is 14.1. The van der Waals surface area contributed by atoms with Gasteiger partial charge in [-0.1, -0.05) is 6.07 Å². The molecule has 154 valence electrons. The molecule has 0 bridgehead atoms. The second-order valence-electron chi connectivity index (χ2n) is 7.73. The van der Waals surface area contributed by atoms with Crippen LogP contribution in [0.4, 0.5) is 5.69 Å². The molecular weight excluding hydrogens is 370 g/mol. The number of carbonyl (C=O) groups is 2. The lowest BCUT2D eigenvalue weighted by molar-refractivity contribution is 0.0652. The molecule has 7 heteroatoms. The molecule has 0 spiro atoms. The molecule has 1 aliphatic heterocycles. The van der Waals surface area contributed by atoms with Crippen molar-refractivity contribution in [3.05, 3.63) is 53.5 Å². The summed E-state index contributed by atoms with van der Waals surface area (Å²) in [4.78, 5) is 25.1. The van der Waals surface area contributed by atoms with Gasteiger partial charge in [-0.15, -0.1) is 0 Å². The molecule has 1 aliphatic carbocycles. The van der Waals surface area contributed by atoms with Gasteiger partial charge in [0.1, 0.15) is 0 Å². The second-order valence-corrected chi connectivity index (χ2v) is 7.73. The molecule has 1 saturated carbocycles. The minimum Gasteiger partial charge on any atom is -0.459 e. The summed E-state index contributed by atoms with van der Waals surface area (Å²) in [5.41, 5.74) is 1.90. The largest absolute Gasteiger partial charge is 0.459 e. The van der Waals surface area contributed by atoms with E-state index in [1.54, 1.807) is 30.3 Å². The molecular formula is C22H27N3O4. The zero-order valence-electron chi connectivity index (χ0n) is 16.6. The van der Waals surface area contributed by atoms with Crippen LogP contribution in [0.25, 0.3) is 0 Å². The van der Waals surface area contributed by atoms with Crippen LogP contribution in [0.3, 0.4) is 0 Å². The van der Waals surface area contributed by atoms with Gasteiger partial charge < -0.3 is 25.1 Å². The Hall–Kier alpha value is -2.64. The molecule has 1 aromatic carbocycles. The Balaban J connectivity index is 1.37. The standard InChI is InChI=1S/C22H27N3O4/c1-14-16(4-2-5-17(14)24-22(27)20-6-3-11-29-20)21(26)25-19-8-7-18(19)23-15-9-12-28-13-10-15/h2-6,11,15,18-19,23H,7-10,12-13H2,1H3,(H,24,27)(H,25,26)/t18-,19+/m1/s1. The van der Waals surface area contributed by atoms with E-state index in [0.29, 0.717) is 23.3 Å². The minimum atomic E-state index is -0.338. The fourth-order valence-electron chi connectivity index (χ4n) is 3.89. The summed E-state index contributed by atoms with van der Waals surface area (Å²) in [5.74, 6) is -0.216. The molecule has 0 radical (unpaired) electrons. The number of benzene rings is 1. The molecule has 2 atom stereocenters. The molecule has 7 nitrogen and oxygen atoms in total. The van der Waals surface area contributed by atoms with Crippen molar-refractivity contribution in [3.8, 4) is 0 Å². The van der Waals surface area contributed by atoms with E-state index < -0.39 is 0 Å². The maximum atomic E-state index is 12.9. The Morgan fingerprint density at radius 3 is 2.45 bits per heavy atom. The smallest absolute Gasteiger partial charge is 0.291 e. The van der Waals surface area contributed by atoms with Crippen LogP contribution in [-0.2, 0) is 4.74 Å². The lowest BCUT2D eigenvalue weighted by Gasteiger charge is -2.41. The predicted octanol–water partition coefficient (Wildman–Crippen LogP) is 2.87. The molecule has 1 aromatic heterocycles. The van der Waals surface area contributed by atoms with Gasteiger partial charge in [0.05, 0.1) is 6.26 Å². The van der Waals surface area contributed by atoms with Crippen LogP contribution >= 0.6 is 0 Å². The summed E-state index contributed by atoms with van der Waals surface area (Å²) in [7, 11) is 0. The predicted molar refractivity (Wildman–Crippen MR) is 109 cm³/mol. The summed E-state index contributed by atoms with van der Waals surface area (Å²) in [5, 5.41) is 9.64. The van der Waals surface area contributed by atoms with E-state index >= 15 is 0 Å². The first-order valence-corrected chi connectivity index (χ1v) is 10.2. The van der Waals surface area contributed by atoms with E-state index in [1.807, 2.05) is 6.92 Å². The lowest BCUT2D eigenvalue weighted by atomic mass is 9.85. The van der Waals surface area contributed by atoms with Gasteiger partial charge in [-0.25, -0.2) is 0 Å². The molecule has 4 rings (SSSR count). The van der Waals surface area contributed by atoms with Crippen LogP contribution < -0.4 is 16.0 Å². The van der Waals surface area contributed by atoms with Crippen molar-refractivity contribution in [1.82, 2.24) is 10.6 Å². The molecule has 2 heterocycles. The maximum Gasteiger partial charge on any atom is 0.291 e. The van der Waals surface area contributed by atoms with Gasteiger partial charge in [0.15, 0.2) is 5.76 Å². The van der Waals surface area contributed by atoms with Gasteiger partial charge in [-0.3, -0.25) is 9.59 Å². The molecule has 1 saturated heterocycles. The van der Waals surface area contributed by atoms with E-state index in [9.17, 15) is 9.59 Å². The number of ether oxygens (including phenoxy) is 1. The third-order valence-corrected chi connectivity index (χ3v) is 5.83.